The van der Waals surface area contributed by atoms with Crippen LogP contribution in [0.3, 0.4) is 0 Å². The maximum Gasteiger partial charge on any atom is 0.305 e. The highest BCUT2D eigenvalue weighted by atomic mass is 19.1. The molecule has 110 valence electrons. The van der Waals surface area contributed by atoms with Gasteiger partial charge in [0.15, 0.2) is 5.82 Å². The molecule has 0 bridgehead atoms. The quantitative estimate of drug-likeness (QED) is 0.688. The average Bonchev–Trinajstić information content (AvgIpc) is 2.37. The molecule has 2 rings (SSSR count). The molecule has 2 N–H and O–H groups in total. The largest absolute Gasteiger partial charge is 0.368 e. The highest BCUT2D eigenvalue weighted by molar-refractivity contribution is 5.62. The third-order valence-electron chi connectivity index (χ3n) is 2.68. The molecule has 2 aromatic rings. The first-order valence-electron chi connectivity index (χ1n) is 5.95. The van der Waals surface area contributed by atoms with Crippen molar-refractivity contribution in [2.45, 2.75) is 19.8 Å². The molecule has 0 radical (unpaired) electrons. The number of nitrogens with zero attached hydrogens (tertiary/aromatic N) is 4. The Morgan fingerprint density at radius 3 is 2.48 bits per heavy atom. The van der Waals surface area contributed by atoms with Gasteiger partial charge in [0, 0.05) is 12.0 Å². The lowest BCUT2D eigenvalue weighted by molar-refractivity contribution is -0.387. The molecule has 21 heavy (non-hydrogen) atoms. The smallest absolute Gasteiger partial charge is 0.305 e. The minimum absolute atomic E-state index is 0.154. The molecule has 0 aliphatic heterocycles. The van der Waals surface area contributed by atoms with E-state index in [1.54, 1.807) is 13.8 Å². The fourth-order valence-corrected chi connectivity index (χ4v) is 1.67. The molecule has 0 saturated heterocycles. The molecule has 0 unspecified atom stereocenters. The van der Waals surface area contributed by atoms with E-state index in [1.807, 2.05) is 0 Å². The Balaban J connectivity index is 2.72. The second kappa shape index (κ2) is 5.35. The SMILES string of the molecule is CC(C)c1nc(N)nc(-c2c(F)ccc([N+](=O)[O-])c2F)n1. The van der Waals surface area contributed by atoms with E-state index in [-0.39, 0.29) is 23.5 Å². The number of nitrogens with two attached hydrogens (primary N) is 1. The van der Waals surface area contributed by atoms with Gasteiger partial charge >= 0.3 is 5.69 Å². The number of hydrogen-bond acceptors (Lipinski definition) is 6. The van der Waals surface area contributed by atoms with Crippen LogP contribution in [0.4, 0.5) is 20.4 Å². The van der Waals surface area contributed by atoms with Crippen molar-refractivity contribution in [3.63, 3.8) is 0 Å². The van der Waals surface area contributed by atoms with Gasteiger partial charge in [-0.05, 0) is 6.07 Å². The topological polar surface area (TPSA) is 108 Å². The van der Waals surface area contributed by atoms with E-state index in [9.17, 15) is 18.9 Å². The molecule has 1 aromatic carbocycles. The summed E-state index contributed by atoms with van der Waals surface area (Å²) in [4.78, 5) is 21.2. The molecule has 0 aliphatic carbocycles. The van der Waals surface area contributed by atoms with Crippen LogP contribution in [-0.4, -0.2) is 19.9 Å². The average molecular weight is 295 g/mol. The highest BCUT2D eigenvalue weighted by Gasteiger charge is 2.25. The first-order chi connectivity index (χ1) is 9.81. The monoisotopic (exact) mass is 295 g/mol. The molecule has 0 atom stereocenters. The van der Waals surface area contributed by atoms with Crippen molar-refractivity contribution < 1.29 is 13.7 Å². The van der Waals surface area contributed by atoms with E-state index < -0.39 is 27.8 Å². The van der Waals surface area contributed by atoms with Gasteiger partial charge in [-0.2, -0.15) is 14.4 Å². The fraction of sp³-hybridized carbons (Fsp3) is 0.250. The van der Waals surface area contributed by atoms with Crippen molar-refractivity contribution in [1.82, 2.24) is 15.0 Å². The molecule has 0 fully saturated rings. The zero-order valence-electron chi connectivity index (χ0n) is 11.2. The third-order valence-corrected chi connectivity index (χ3v) is 2.68. The van der Waals surface area contributed by atoms with Gasteiger partial charge < -0.3 is 5.73 Å². The lowest BCUT2D eigenvalue weighted by atomic mass is 10.1. The summed E-state index contributed by atoms with van der Waals surface area (Å²) < 4.78 is 28.0. The number of benzene rings is 1. The second-order valence-electron chi connectivity index (χ2n) is 4.54. The van der Waals surface area contributed by atoms with Gasteiger partial charge in [-0.3, -0.25) is 10.1 Å². The predicted octanol–water partition coefficient (Wildman–Crippen LogP) is 2.43. The van der Waals surface area contributed by atoms with E-state index >= 15 is 0 Å². The van der Waals surface area contributed by atoms with Crippen LogP contribution in [0.5, 0.6) is 0 Å². The van der Waals surface area contributed by atoms with Gasteiger partial charge in [-0.15, -0.1) is 0 Å². The van der Waals surface area contributed by atoms with Crippen LogP contribution in [0.1, 0.15) is 25.6 Å². The number of rotatable bonds is 3. The summed E-state index contributed by atoms with van der Waals surface area (Å²) in [5.41, 5.74) is 3.93. The van der Waals surface area contributed by atoms with Crippen molar-refractivity contribution in [3.05, 3.63) is 39.7 Å². The summed E-state index contributed by atoms with van der Waals surface area (Å²) in [6.07, 6.45) is 0. The van der Waals surface area contributed by atoms with Crippen LogP contribution in [0.15, 0.2) is 12.1 Å². The van der Waals surface area contributed by atoms with Gasteiger partial charge in [-0.25, -0.2) is 9.37 Å². The van der Waals surface area contributed by atoms with Gasteiger partial charge in [-0.1, -0.05) is 13.8 Å². The zero-order valence-corrected chi connectivity index (χ0v) is 11.2. The number of nitro groups is 1. The Morgan fingerprint density at radius 2 is 1.90 bits per heavy atom. The Bertz CT molecular complexity index is 721. The number of nitro benzene ring substituents is 1. The summed E-state index contributed by atoms with van der Waals surface area (Å²) in [5, 5.41) is 10.7. The van der Waals surface area contributed by atoms with Gasteiger partial charge in [0.1, 0.15) is 11.6 Å². The molecule has 0 spiro atoms. The van der Waals surface area contributed by atoms with E-state index in [1.165, 1.54) is 0 Å². The van der Waals surface area contributed by atoms with E-state index in [2.05, 4.69) is 15.0 Å². The molecule has 0 saturated carbocycles. The summed E-state index contributed by atoms with van der Waals surface area (Å²) in [6.45, 7) is 3.53. The van der Waals surface area contributed by atoms with E-state index in [0.717, 1.165) is 12.1 Å². The van der Waals surface area contributed by atoms with Crippen molar-refractivity contribution in [2.24, 2.45) is 0 Å². The van der Waals surface area contributed by atoms with Crippen LogP contribution in [0, 0.1) is 21.7 Å². The number of anilines is 1. The molecule has 0 aliphatic rings. The molecule has 9 heteroatoms. The second-order valence-corrected chi connectivity index (χ2v) is 4.54. The lowest BCUT2D eigenvalue weighted by Gasteiger charge is -2.08. The zero-order chi connectivity index (χ0) is 15.7. The number of halogens is 2. The minimum atomic E-state index is -1.35. The number of nitrogen functional groups attached to an aromatic ring is 1. The van der Waals surface area contributed by atoms with Crippen LogP contribution >= 0.6 is 0 Å². The summed E-state index contributed by atoms with van der Waals surface area (Å²) in [6, 6.07) is 1.52. The molecule has 1 aromatic heterocycles. The molecule has 1 heterocycles. The highest BCUT2D eigenvalue weighted by Crippen LogP contribution is 2.30. The van der Waals surface area contributed by atoms with Gasteiger partial charge in [0.2, 0.25) is 11.8 Å². The standard InChI is InChI=1S/C12H11F2N5O2/c1-5(2)10-16-11(18-12(15)17-10)8-6(13)3-4-7(9(8)14)19(20)21/h3-5H,1-2H3,(H2,15,16,17,18). The van der Waals surface area contributed by atoms with E-state index in [0.29, 0.717) is 0 Å². The van der Waals surface area contributed by atoms with Crippen molar-refractivity contribution >= 4 is 11.6 Å². The Morgan fingerprint density at radius 1 is 1.24 bits per heavy atom. The fourth-order valence-electron chi connectivity index (χ4n) is 1.67. The number of hydrogen-bond donors (Lipinski definition) is 1. The first-order valence-corrected chi connectivity index (χ1v) is 5.95. The maximum atomic E-state index is 14.1. The Kier molecular flexibility index (Phi) is 3.74. The number of aromatic nitrogens is 3. The predicted molar refractivity (Wildman–Crippen MR) is 70.3 cm³/mol. The van der Waals surface area contributed by atoms with Crippen LogP contribution in [0.25, 0.3) is 11.4 Å². The van der Waals surface area contributed by atoms with Gasteiger partial charge in [0.25, 0.3) is 0 Å². The summed E-state index contributed by atoms with van der Waals surface area (Å²) in [7, 11) is 0. The van der Waals surface area contributed by atoms with Crippen molar-refractivity contribution in [1.29, 1.82) is 0 Å². The Hall–Kier alpha value is -2.71. The first kappa shape index (κ1) is 14.7. The summed E-state index contributed by atoms with van der Waals surface area (Å²) in [5.74, 6) is -2.86. The van der Waals surface area contributed by atoms with Crippen LogP contribution in [0.2, 0.25) is 0 Å². The van der Waals surface area contributed by atoms with E-state index in [4.69, 9.17) is 5.73 Å². The van der Waals surface area contributed by atoms with Crippen LogP contribution < -0.4 is 5.73 Å². The molecule has 0 amide bonds. The maximum absolute atomic E-state index is 14.1. The summed E-state index contributed by atoms with van der Waals surface area (Å²) >= 11 is 0. The van der Waals surface area contributed by atoms with Crippen molar-refractivity contribution in [2.75, 3.05) is 5.73 Å². The normalized spacial score (nSPS) is 10.9. The minimum Gasteiger partial charge on any atom is -0.368 e. The molecular formula is C12H11F2N5O2. The molecule has 7 nitrogen and oxygen atoms in total. The van der Waals surface area contributed by atoms with Crippen molar-refractivity contribution in [3.8, 4) is 11.4 Å². The lowest BCUT2D eigenvalue weighted by Crippen LogP contribution is -2.08. The van der Waals surface area contributed by atoms with Crippen LogP contribution in [-0.2, 0) is 0 Å². The Labute approximate surface area is 118 Å². The third kappa shape index (κ3) is 2.76. The van der Waals surface area contributed by atoms with Gasteiger partial charge in [0.05, 0.1) is 10.5 Å². The molecular weight excluding hydrogens is 284 g/mol.